The number of rotatable bonds is 4. The third-order valence-corrected chi connectivity index (χ3v) is 2.59. The molecule has 0 amide bonds. The quantitative estimate of drug-likeness (QED) is 0.476. The third kappa shape index (κ3) is 2.58. The monoisotopic (exact) mass is 255 g/mol. The molecule has 0 saturated carbocycles. The van der Waals surface area contributed by atoms with Crippen LogP contribution in [-0.2, 0) is 0 Å². The summed E-state index contributed by atoms with van der Waals surface area (Å²) in [5, 5.41) is 11.0. The van der Waals surface area contributed by atoms with E-state index in [1.165, 1.54) is 6.26 Å². The highest BCUT2D eigenvalue weighted by Crippen LogP contribution is 2.13. The summed E-state index contributed by atoms with van der Waals surface area (Å²) in [5.74, 6) is -0.255. The molecule has 0 saturated heterocycles. The molecule has 0 aliphatic rings. The third-order valence-electron chi connectivity index (χ3n) is 2.59. The van der Waals surface area contributed by atoms with Crippen molar-refractivity contribution in [3.63, 3.8) is 0 Å². The van der Waals surface area contributed by atoms with E-state index in [1.54, 1.807) is 18.2 Å². The van der Waals surface area contributed by atoms with Crippen molar-refractivity contribution >= 4 is 11.9 Å². The first-order chi connectivity index (χ1) is 9.13. The molecule has 0 atom stereocenters. The van der Waals surface area contributed by atoms with E-state index in [0.717, 1.165) is 5.69 Å². The molecule has 0 fully saturated rings. The summed E-state index contributed by atoms with van der Waals surface area (Å²) >= 11 is 0. The normalized spacial score (nSPS) is 11.1. The van der Waals surface area contributed by atoms with Gasteiger partial charge in [-0.2, -0.15) is 5.26 Å². The van der Waals surface area contributed by atoms with Crippen molar-refractivity contribution in [1.29, 1.82) is 5.26 Å². The first-order valence-electron chi connectivity index (χ1n) is 5.68. The SMILES string of the molecule is CN(C)n1cccc1/C=C(\C#N)C(=O)c1ccco1. The van der Waals surface area contributed by atoms with E-state index >= 15 is 0 Å². The molecule has 0 aliphatic heterocycles. The number of carbonyl (C=O) groups is 1. The number of furan rings is 1. The lowest BCUT2D eigenvalue weighted by molar-refractivity contribution is 0.101. The van der Waals surface area contributed by atoms with Crippen molar-refractivity contribution in [3.8, 4) is 6.07 Å². The van der Waals surface area contributed by atoms with Crippen LogP contribution >= 0.6 is 0 Å². The fraction of sp³-hybridized carbons (Fsp3) is 0.143. The average Bonchev–Trinajstić information content (AvgIpc) is 3.05. The first kappa shape index (κ1) is 12.7. The summed E-state index contributed by atoms with van der Waals surface area (Å²) in [7, 11) is 3.75. The number of nitrogens with zero attached hydrogens (tertiary/aromatic N) is 3. The second-order valence-electron chi connectivity index (χ2n) is 4.10. The highest BCUT2D eigenvalue weighted by molar-refractivity contribution is 6.12. The fourth-order valence-corrected chi connectivity index (χ4v) is 1.70. The van der Waals surface area contributed by atoms with E-state index in [1.807, 2.05) is 48.2 Å². The van der Waals surface area contributed by atoms with E-state index in [0.29, 0.717) is 0 Å². The largest absolute Gasteiger partial charge is 0.461 e. The van der Waals surface area contributed by atoms with Crippen LogP contribution in [0.5, 0.6) is 0 Å². The second kappa shape index (κ2) is 5.27. The molecular formula is C14H13N3O2. The predicted molar refractivity (Wildman–Crippen MR) is 71.1 cm³/mol. The Kier molecular flexibility index (Phi) is 3.53. The topological polar surface area (TPSA) is 62.2 Å². The Hall–Kier alpha value is -2.74. The van der Waals surface area contributed by atoms with Crippen LogP contribution in [0.1, 0.15) is 16.2 Å². The maximum atomic E-state index is 12.0. The summed E-state index contributed by atoms with van der Waals surface area (Å²) in [5.41, 5.74) is 0.790. The van der Waals surface area contributed by atoms with Gasteiger partial charge in [0, 0.05) is 20.3 Å². The van der Waals surface area contributed by atoms with Crippen LogP contribution in [0.15, 0.2) is 46.7 Å². The highest BCUT2D eigenvalue weighted by Gasteiger charge is 2.15. The minimum absolute atomic E-state index is 0.0387. The number of nitriles is 1. The van der Waals surface area contributed by atoms with Crippen molar-refractivity contribution in [1.82, 2.24) is 4.68 Å². The van der Waals surface area contributed by atoms with Crippen molar-refractivity contribution < 1.29 is 9.21 Å². The van der Waals surface area contributed by atoms with Gasteiger partial charge in [0.1, 0.15) is 11.6 Å². The number of Topliss-reactive ketones (excluding diaryl/α,β-unsaturated/α-hetero) is 1. The van der Waals surface area contributed by atoms with Gasteiger partial charge in [-0.1, -0.05) is 0 Å². The van der Waals surface area contributed by atoms with Gasteiger partial charge in [-0.25, -0.2) is 0 Å². The van der Waals surface area contributed by atoms with E-state index in [2.05, 4.69) is 0 Å². The second-order valence-corrected chi connectivity index (χ2v) is 4.10. The highest BCUT2D eigenvalue weighted by atomic mass is 16.3. The molecule has 0 aromatic carbocycles. The maximum absolute atomic E-state index is 12.0. The lowest BCUT2D eigenvalue weighted by Gasteiger charge is -2.16. The zero-order valence-corrected chi connectivity index (χ0v) is 10.7. The van der Waals surface area contributed by atoms with Crippen LogP contribution in [0.4, 0.5) is 0 Å². The number of hydrogen-bond acceptors (Lipinski definition) is 4. The Morgan fingerprint density at radius 2 is 2.21 bits per heavy atom. The number of ketones is 1. The first-order valence-corrected chi connectivity index (χ1v) is 5.68. The fourth-order valence-electron chi connectivity index (χ4n) is 1.70. The molecule has 5 heteroatoms. The van der Waals surface area contributed by atoms with Gasteiger partial charge >= 0.3 is 0 Å². The Labute approximate surface area is 110 Å². The molecule has 5 nitrogen and oxygen atoms in total. The molecule has 2 heterocycles. The lowest BCUT2D eigenvalue weighted by atomic mass is 10.1. The van der Waals surface area contributed by atoms with E-state index < -0.39 is 5.78 Å². The standard InChI is InChI=1S/C14H13N3O2/c1-16(2)17-7-3-5-12(17)9-11(10-15)14(18)13-6-4-8-19-13/h3-9H,1-2H3/b11-9+. The van der Waals surface area contributed by atoms with Gasteiger partial charge in [-0.15, -0.1) is 0 Å². The Bertz CT molecular complexity index is 643. The van der Waals surface area contributed by atoms with Crippen LogP contribution in [0.25, 0.3) is 6.08 Å². The van der Waals surface area contributed by atoms with Gasteiger partial charge in [0.25, 0.3) is 0 Å². The molecule has 96 valence electrons. The summed E-state index contributed by atoms with van der Waals surface area (Å²) in [6, 6.07) is 8.74. The maximum Gasteiger partial charge on any atom is 0.238 e. The van der Waals surface area contributed by atoms with Gasteiger partial charge in [0.2, 0.25) is 5.78 Å². The van der Waals surface area contributed by atoms with Crippen LogP contribution in [0, 0.1) is 11.3 Å². The van der Waals surface area contributed by atoms with Crippen molar-refractivity contribution in [2.45, 2.75) is 0 Å². The summed E-state index contributed by atoms with van der Waals surface area (Å²) < 4.78 is 6.84. The summed E-state index contributed by atoms with van der Waals surface area (Å²) in [6.07, 6.45) is 4.80. The Balaban J connectivity index is 2.37. The Morgan fingerprint density at radius 1 is 1.42 bits per heavy atom. The molecule has 0 unspecified atom stereocenters. The summed E-state index contributed by atoms with van der Waals surface area (Å²) in [6.45, 7) is 0. The van der Waals surface area contributed by atoms with Crippen molar-refractivity contribution in [3.05, 3.63) is 53.8 Å². The van der Waals surface area contributed by atoms with Crippen LogP contribution in [-0.4, -0.2) is 24.6 Å². The van der Waals surface area contributed by atoms with Crippen molar-refractivity contribution in [2.24, 2.45) is 0 Å². The van der Waals surface area contributed by atoms with E-state index in [4.69, 9.17) is 9.68 Å². The molecule has 0 aliphatic carbocycles. The number of hydrogen-bond donors (Lipinski definition) is 0. The average molecular weight is 255 g/mol. The minimum Gasteiger partial charge on any atom is -0.461 e. The van der Waals surface area contributed by atoms with Gasteiger partial charge in [0.15, 0.2) is 5.76 Å². The number of allylic oxidation sites excluding steroid dienone is 1. The molecule has 0 radical (unpaired) electrons. The summed E-state index contributed by atoms with van der Waals surface area (Å²) in [4.78, 5) is 12.0. The minimum atomic E-state index is -0.418. The zero-order chi connectivity index (χ0) is 13.8. The molecule has 2 aromatic rings. The predicted octanol–water partition coefficient (Wildman–Crippen LogP) is 2.07. The molecule has 2 aromatic heterocycles. The van der Waals surface area contributed by atoms with Gasteiger partial charge < -0.3 is 9.43 Å². The van der Waals surface area contributed by atoms with Gasteiger partial charge in [-0.05, 0) is 30.3 Å². The van der Waals surface area contributed by atoms with Gasteiger partial charge in [0.05, 0.1) is 12.0 Å². The molecule has 0 N–H and O–H groups in total. The van der Waals surface area contributed by atoms with Gasteiger partial charge in [-0.3, -0.25) is 9.47 Å². The molecule has 19 heavy (non-hydrogen) atoms. The smallest absolute Gasteiger partial charge is 0.238 e. The van der Waals surface area contributed by atoms with Crippen LogP contribution in [0.2, 0.25) is 0 Å². The number of aromatic nitrogens is 1. The number of carbonyl (C=O) groups excluding carboxylic acids is 1. The van der Waals surface area contributed by atoms with E-state index in [-0.39, 0.29) is 11.3 Å². The van der Waals surface area contributed by atoms with Crippen molar-refractivity contribution in [2.75, 3.05) is 19.1 Å². The van der Waals surface area contributed by atoms with Crippen LogP contribution < -0.4 is 5.01 Å². The Morgan fingerprint density at radius 3 is 2.79 bits per heavy atom. The van der Waals surface area contributed by atoms with E-state index in [9.17, 15) is 4.79 Å². The lowest BCUT2D eigenvalue weighted by Crippen LogP contribution is -2.24. The molecule has 2 rings (SSSR count). The molecular weight excluding hydrogens is 242 g/mol. The molecule has 0 bridgehead atoms. The molecule has 0 spiro atoms. The van der Waals surface area contributed by atoms with Crippen LogP contribution in [0.3, 0.4) is 0 Å². The zero-order valence-electron chi connectivity index (χ0n) is 10.7.